The molecule has 1 fully saturated rings. The number of rotatable bonds is 6. The lowest BCUT2D eigenvalue weighted by Crippen LogP contribution is -2.43. The lowest BCUT2D eigenvalue weighted by molar-refractivity contribution is 0.177. The van der Waals surface area contributed by atoms with Gasteiger partial charge in [0.25, 0.3) is 0 Å². The number of hydrogen-bond acceptors (Lipinski definition) is 5. The molecule has 0 aliphatic carbocycles. The van der Waals surface area contributed by atoms with Gasteiger partial charge >= 0.3 is 0 Å². The van der Waals surface area contributed by atoms with Gasteiger partial charge in [0.2, 0.25) is 0 Å². The second-order valence-corrected chi connectivity index (χ2v) is 5.22. The fourth-order valence-electron chi connectivity index (χ4n) is 2.60. The Kier molecular flexibility index (Phi) is 5.67. The normalized spacial score (nSPS) is 20.1. The van der Waals surface area contributed by atoms with E-state index in [1.807, 2.05) is 13.0 Å². The topological polar surface area (TPSA) is 50.3 Å². The maximum absolute atomic E-state index is 12.4. The van der Waals surface area contributed by atoms with E-state index in [2.05, 4.69) is 20.2 Å². The number of aromatic nitrogens is 2. The van der Waals surface area contributed by atoms with Gasteiger partial charge in [0.1, 0.15) is 19.1 Å². The molecule has 5 nitrogen and oxygen atoms in total. The minimum Gasteiger partial charge on any atom is -0.377 e. The molecule has 1 aromatic heterocycles. The molecule has 1 atom stereocenters. The van der Waals surface area contributed by atoms with Crippen molar-refractivity contribution in [3.8, 4) is 0 Å². The monoisotopic (exact) mass is 282 g/mol. The van der Waals surface area contributed by atoms with Crippen molar-refractivity contribution in [1.82, 2.24) is 14.9 Å². The number of ether oxygens (including phenoxy) is 1. The zero-order valence-electron chi connectivity index (χ0n) is 12.2. The molecular formula is C14H23FN4O. The zero-order chi connectivity index (χ0) is 14.4. The average Bonchev–Trinajstić information content (AvgIpc) is 2.39. The van der Waals surface area contributed by atoms with Gasteiger partial charge in [-0.3, -0.25) is 4.90 Å². The van der Waals surface area contributed by atoms with Gasteiger partial charge in [0, 0.05) is 38.0 Å². The quantitative estimate of drug-likeness (QED) is 0.862. The lowest BCUT2D eigenvalue weighted by atomic mass is 10.1. The molecule has 0 spiro atoms. The largest absolute Gasteiger partial charge is 0.377 e. The molecule has 1 aromatic rings. The van der Waals surface area contributed by atoms with Crippen LogP contribution in [-0.2, 0) is 11.3 Å². The van der Waals surface area contributed by atoms with Gasteiger partial charge in [-0.1, -0.05) is 0 Å². The molecule has 2 heterocycles. The molecule has 1 unspecified atom stereocenters. The predicted octanol–water partition coefficient (Wildman–Crippen LogP) is 1.78. The van der Waals surface area contributed by atoms with Crippen LogP contribution < -0.4 is 5.32 Å². The maximum atomic E-state index is 12.4. The molecular weight excluding hydrogens is 259 g/mol. The van der Waals surface area contributed by atoms with E-state index in [-0.39, 0.29) is 6.67 Å². The first-order valence-electron chi connectivity index (χ1n) is 7.09. The molecule has 6 heteroatoms. The number of anilines is 1. The fraction of sp³-hybridized carbons (Fsp3) is 0.714. The minimum atomic E-state index is -0.280. The van der Waals surface area contributed by atoms with E-state index in [0.29, 0.717) is 25.0 Å². The van der Waals surface area contributed by atoms with Gasteiger partial charge < -0.3 is 10.1 Å². The minimum absolute atomic E-state index is 0.280. The van der Waals surface area contributed by atoms with E-state index in [0.717, 1.165) is 37.4 Å². The summed E-state index contributed by atoms with van der Waals surface area (Å²) < 4.78 is 17.5. The Balaban J connectivity index is 1.98. The summed E-state index contributed by atoms with van der Waals surface area (Å²) in [6.07, 6.45) is 2.18. The summed E-state index contributed by atoms with van der Waals surface area (Å²) in [5, 5.41) is 3.44. The van der Waals surface area contributed by atoms with Crippen molar-refractivity contribution >= 4 is 5.82 Å². The summed E-state index contributed by atoms with van der Waals surface area (Å²) in [7, 11) is 1.63. The molecule has 1 aliphatic rings. The molecule has 20 heavy (non-hydrogen) atoms. The van der Waals surface area contributed by atoms with Crippen LogP contribution in [0.5, 0.6) is 0 Å². The van der Waals surface area contributed by atoms with E-state index in [9.17, 15) is 4.39 Å². The van der Waals surface area contributed by atoms with Gasteiger partial charge in [0.15, 0.2) is 5.82 Å². The number of piperidine rings is 1. The number of likely N-dealkylation sites (tertiary alicyclic amines) is 1. The zero-order valence-corrected chi connectivity index (χ0v) is 12.2. The van der Waals surface area contributed by atoms with E-state index < -0.39 is 0 Å². The van der Waals surface area contributed by atoms with E-state index in [1.165, 1.54) is 0 Å². The maximum Gasteiger partial charge on any atom is 0.156 e. The summed E-state index contributed by atoms with van der Waals surface area (Å²) in [6.45, 7) is 4.46. The highest BCUT2D eigenvalue weighted by atomic mass is 19.1. The Bertz CT molecular complexity index is 428. The summed E-state index contributed by atoms with van der Waals surface area (Å²) in [6, 6.07) is 2.26. The lowest BCUT2D eigenvalue weighted by Gasteiger charge is -2.32. The Labute approximate surface area is 119 Å². The third kappa shape index (κ3) is 4.38. The van der Waals surface area contributed by atoms with Gasteiger partial charge in [0.05, 0.1) is 0 Å². The number of aryl methyl sites for hydroxylation is 1. The van der Waals surface area contributed by atoms with E-state index in [1.54, 1.807) is 7.11 Å². The molecule has 1 aliphatic heterocycles. The van der Waals surface area contributed by atoms with Crippen molar-refractivity contribution in [1.29, 1.82) is 0 Å². The van der Waals surface area contributed by atoms with Crippen LogP contribution in [0.2, 0.25) is 0 Å². The van der Waals surface area contributed by atoms with Gasteiger partial charge in [-0.2, -0.15) is 0 Å². The number of halogens is 1. The fourth-order valence-corrected chi connectivity index (χ4v) is 2.60. The summed E-state index contributed by atoms with van der Waals surface area (Å²) in [5.74, 6) is 1.52. The number of hydrogen-bond donors (Lipinski definition) is 1. The number of methoxy groups -OCH3 is 1. The Morgan fingerprint density at radius 2 is 2.35 bits per heavy atom. The molecule has 0 aromatic carbocycles. The van der Waals surface area contributed by atoms with Crippen LogP contribution >= 0.6 is 0 Å². The van der Waals surface area contributed by atoms with Crippen LogP contribution in [0, 0.1) is 6.92 Å². The van der Waals surface area contributed by atoms with Crippen LogP contribution in [0.15, 0.2) is 6.07 Å². The van der Waals surface area contributed by atoms with Crippen molar-refractivity contribution in [2.45, 2.75) is 32.4 Å². The molecule has 0 amide bonds. The van der Waals surface area contributed by atoms with Gasteiger partial charge in [-0.05, 0) is 26.3 Å². The highest BCUT2D eigenvalue weighted by Gasteiger charge is 2.19. The SMILES string of the molecule is COCc1nc(C)cc(NC2CCCN(CCF)C2)n1. The van der Waals surface area contributed by atoms with Crippen LogP contribution in [0.3, 0.4) is 0 Å². The van der Waals surface area contributed by atoms with Crippen molar-refractivity contribution in [3.63, 3.8) is 0 Å². The van der Waals surface area contributed by atoms with Crippen molar-refractivity contribution in [2.75, 3.05) is 38.7 Å². The summed E-state index contributed by atoms with van der Waals surface area (Å²) in [4.78, 5) is 10.9. The third-order valence-electron chi connectivity index (χ3n) is 3.43. The predicted molar refractivity (Wildman–Crippen MR) is 76.5 cm³/mol. The van der Waals surface area contributed by atoms with Crippen LogP contribution in [0.25, 0.3) is 0 Å². The Morgan fingerprint density at radius 3 is 3.10 bits per heavy atom. The van der Waals surface area contributed by atoms with E-state index >= 15 is 0 Å². The molecule has 2 rings (SSSR count). The first-order valence-corrected chi connectivity index (χ1v) is 7.09. The smallest absolute Gasteiger partial charge is 0.156 e. The highest BCUT2D eigenvalue weighted by Crippen LogP contribution is 2.15. The second-order valence-electron chi connectivity index (χ2n) is 5.22. The van der Waals surface area contributed by atoms with Gasteiger partial charge in [-0.25, -0.2) is 14.4 Å². The van der Waals surface area contributed by atoms with Crippen molar-refractivity contribution in [2.24, 2.45) is 0 Å². The molecule has 1 saturated heterocycles. The van der Waals surface area contributed by atoms with Gasteiger partial charge in [-0.15, -0.1) is 0 Å². The first-order chi connectivity index (χ1) is 9.71. The van der Waals surface area contributed by atoms with Crippen molar-refractivity contribution < 1.29 is 9.13 Å². The van der Waals surface area contributed by atoms with Crippen LogP contribution in [0.1, 0.15) is 24.4 Å². The molecule has 0 radical (unpaired) electrons. The standard InChI is InChI=1S/C14H23FN4O/c1-11-8-13(18-14(16-11)10-20-2)17-12-4-3-6-19(9-12)7-5-15/h8,12H,3-7,9-10H2,1-2H3,(H,16,17,18). The Morgan fingerprint density at radius 1 is 1.50 bits per heavy atom. The first kappa shape index (κ1) is 15.1. The molecule has 0 bridgehead atoms. The Hall–Kier alpha value is -1.27. The summed E-state index contributed by atoms with van der Waals surface area (Å²) >= 11 is 0. The van der Waals surface area contributed by atoms with Crippen LogP contribution in [-0.4, -0.2) is 54.3 Å². The highest BCUT2D eigenvalue weighted by molar-refractivity contribution is 5.37. The molecule has 112 valence electrons. The third-order valence-corrected chi connectivity index (χ3v) is 3.43. The molecule has 1 N–H and O–H groups in total. The van der Waals surface area contributed by atoms with Crippen molar-refractivity contribution in [3.05, 3.63) is 17.6 Å². The average molecular weight is 282 g/mol. The number of alkyl halides is 1. The number of nitrogens with one attached hydrogen (secondary N) is 1. The second kappa shape index (κ2) is 7.50. The number of nitrogens with zero attached hydrogens (tertiary/aromatic N) is 3. The van der Waals surface area contributed by atoms with E-state index in [4.69, 9.17) is 4.74 Å². The molecule has 0 saturated carbocycles. The van der Waals surface area contributed by atoms with Crippen LogP contribution in [0.4, 0.5) is 10.2 Å². The summed E-state index contributed by atoms with van der Waals surface area (Å²) in [5.41, 5.74) is 0.922.